The quantitative estimate of drug-likeness (QED) is 0.908. The summed E-state index contributed by atoms with van der Waals surface area (Å²) in [5.41, 5.74) is 1.26. The van der Waals surface area contributed by atoms with E-state index in [0.717, 1.165) is 5.56 Å². The molecule has 1 aliphatic rings. The van der Waals surface area contributed by atoms with Gasteiger partial charge < -0.3 is 5.32 Å². The van der Waals surface area contributed by atoms with E-state index in [4.69, 9.17) is 11.6 Å². The number of hydrogen-bond acceptors (Lipinski definition) is 3. The van der Waals surface area contributed by atoms with E-state index in [-0.39, 0.29) is 27.5 Å². The Hall–Kier alpha value is -2.46. The number of carbonyl (C=O) groups is 2. The Labute approximate surface area is 131 Å². The fourth-order valence-corrected chi connectivity index (χ4v) is 2.55. The van der Waals surface area contributed by atoms with Crippen LogP contribution in [0.25, 0.3) is 0 Å². The zero-order valence-electron chi connectivity index (χ0n) is 11.6. The van der Waals surface area contributed by atoms with Crippen molar-refractivity contribution in [2.45, 2.75) is 6.92 Å². The van der Waals surface area contributed by atoms with Gasteiger partial charge in [0.15, 0.2) is 0 Å². The summed E-state index contributed by atoms with van der Waals surface area (Å²) in [5, 5.41) is 2.42. The van der Waals surface area contributed by atoms with E-state index < -0.39 is 17.4 Å². The number of carbonyl (C=O) groups excluding carboxylic acids is 2. The van der Waals surface area contributed by atoms with Gasteiger partial charge in [0.1, 0.15) is 16.5 Å². The van der Waals surface area contributed by atoms with Crippen molar-refractivity contribution < 1.29 is 14.0 Å². The van der Waals surface area contributed by atoms with Gasteiger partial charge >= 0.3 is 0 Å². The van der Waals surface area contributed by atoms with Crippen molar-refractivity contribution in [2.24, 2.45) is 0 Å². The molecule has 2 aromatic carbocycles. The number of aryl methyl sites for hydroxylation is 1. The Morgan fingerprint density at radius 2 is 1.64 bits per heavy atom. The topological polar surface area (TPSA) is 46.2 Å². The molecule has 0 bridgehead atoms. The molecule has 0 aromatic heterocycles. The van der Waals surface area contributed by atoms with E-state index in [1.807, 2.05) is 0 Å². The number of ketones is 2. The van der Waals surface area contributed by atoms with Gasteiger partial charge in [-0.1, -0.05) is 41.9 Å². The number of rotatable bonds is 2. The van der Waals surface area contributed by atoms with Gasteiger partial charge in [-0.05, 0) is 24.6 Å². The minimum absolute atomic E-state index is 0.0966. The lowest BCUT2D eigenvalue weighted by Crippen LogP contribution is -2.24. The van der Waals surface area contributed by atoms with Gasteiger partial charge in [0.25, 0.3) is 0 Å². The van der Waals surface area contributed by atoms with Crippen LogP contribution in [0.4, 0.5) is 10.1 Å². The van der Waals surface area contributed by atoms with E-state index >= 15 is 0 Å². The summed E-state index contributed by atoms with van der Waals surface area (Å²) < 4.78 is 13.9. The number of anilines is 1. The van der Waals surface area contributed by atoms with Crippen LogP contribution in [-0.2, 0) is 0 Å². The summed E-state index contributed by atoms with van der Waals surface area (Å²) in [6.07, 6.45) is 0. The first-order chi connectivity index (χ1) is 10.5. The van der Waals surface area contributed by atoms with Gasteiger partial charge in [-0.2, -0.15) is 0 Å². The minimum atomic E-state index is -0.518. The molecule has 0 radical (unpaired) electrons. The average Bonchev–Trinajstić information content (AvgIpc) is 2.51. The number of fused-ring (bicyclic) bond motifs is 1. The van der Waals surface area contributed by atoms with Crippen molar-refractivity contribution in [1.29, 1.82) is 0 Å². The Kier molecular flexibility index (Phi) is 3.54. The van der Waals surface area contributed by atoms with Crippen LogP contribution in [0.2, 0.25) is 0 Å². The Bertz CT molecular complexity index is 842. The van der Waals surface area contributed by atoms with Crippen LogP contribution in [0.3, 0.4) is 0 Å². The van der Waals surface area contributed by atoms with Crippen molar-refractivity contribution in [3.8, 4) is 0 Å². The molecule has 0 atom stereocenters. The highest BCUT2D eigenvalue weighted by atomic mass is 35.5. The second-order valence-corrected chi connectivity index (χ2v) is 5.38. The maximum absolute atomic E-state index is 13.9. The summed E-state index contributed by atoms with van der Waals surface area (Å²) in [6, 6.07) is 10.9. The first kappa shape index (κ1) is 14.5. The highest BCUT2D eigenvalue weighted by molar-refractivity contribution is 6.50. The van der Waals surface area contributed by atoms with Gasteiger partial charge in [-0.15, -0.1) is 0 Å². The molecular weight excluding hydrogens is 305 g/mol. The van der Waals surface area contributed by atoms with Crippen molar-refractivity contribution >= 4 is 28.9 Å². The van der Waals surface area contributed by atoms with Gasteiger partial charge in [-0.3, -0.25) is 9.59 Å². The Morgan fingerprint density at radius 1 is 1.00 bits per heavy atom. The first-order valence-electron chi connectivity index (χ1n) is 6.60. The molecular formula is C17H11ClFNO2. The average molecular weight is 316 g/mol. The van der Waals surface area contributed by atoms with Crippen molar-refractivity contribution in [3.63, 3.8) is 0 Å². The van der Waals surface area contributed by atoms with Crippen molar-refractivity contribution in [1.82, 2.24) is 0 Å². The smallest absolute Gasteiger partial charge is 0.211 e. The fraction of sp³-hybridized carbons (Fsp3) is 0.0588. The molecule has 2 aromatic rings. The number of nitrogens with one attached hydrogen (secondary N) is 1. The molecule has 1 aliphatic carbocycles. The minimum Gasteiger partial charge on any atom is -0.349 e. The molecule has 0 spiro atoms. The van der Waals surface area contributed by atoms with Crippen LogP contribution in [0.5, 0.6) is 0 Å². The molecule has 0 saturated carbocycles. The molecule has 5 heteroatoms. The normalized spacial score (nSPS) is 14.1. The lowest BCUT2D eigenvalue weighted by atomic mass is 9.92. The van der Waals surface area contributed by atoms with Crippen LogP contribution in [0, 0.1) is 12.7 Å². The molecule has 0 saturated heterocycles. The second-order valence-electron chi connectivity index (χ2n) is 5.00. The van der Waals surface area contributed by atoms with E-state index in [1.165, 1.54) is 12.1 Å². The molecule has 1 N–H and O–H groups in total. The SMILES string of the molecule is Cc1ccc(NC2=C(Cl)C(=O)c3ccccc3C2=O)c(F)c1. The molecule has 3 rings (SSSR count). The largest absolute Gasteiger partial charge is 0.349 e. The number of halogens is 2. The summed E-state index contributed by atoms with van der Waals surface area (Å²) in [6.45, 7) is 1.75. The number of allylic oxidation sites excluding steroid dienone is 2. The van der Waals surface area contributed by atoms with Crippen molar-refractivity contribution in [3.05, 3.63) is 75.7 Å². The molecule has 0 amide bonds. The lowest BCUT2D eigenvalue weighted by Gasteiger charge is -2.19. The third-order valence-electron chi connectivity index (χ3n) is 3.45. The third-order valence-corrected chi connectivity index (χ3v) is 3.81. The van der Waals surface area contributed by atoms with E-state index in [0.29, 0.717) is 0 Å². The van der Waals surface area contributed by atoms with Gasteiger partial charge in [0.05, 0.1) is 5.69 Å². The molecule has 0 fully saturated rings. The predicted octanol–water partition coefficient (Wildman–Crippen LogP) is 4.08. The summed E-state index contributed by atoms with van der Waals surface area (Å²) in [4.78, 5) is 24.7. The highest BCUT2D eigenvalue weighted by Crippen LogP contribution is 2.30. The predicted molar refractivity (Wildman–Crippen MR) is 82.7 cm³/mol. The Morgan fingerprint density at radius 3 is 2.27 bits per heavy atom. The van der Waals surface area contributed by atoms with Crippen LogP contribution in [0.15, 0.2) is 53.2 Å². The lowest BCUT2D eigenvalue weighted by molar-refractivity contribution is 0.0982. The maximum atomic E-state index is 13.9. The maximum Gasteiger partial charge on any atom is 0.211 e. The summed E-state index contributed by atoms with van der Waals surface area (Å²) >= 11 is 6.01. The molecule has 0 unspecified atom stereocenters. The van der Waals surface area contributed by atoms with Crippen LogP contribution in [0.1, 0.15) is 26.3 Å². The highest BCUT2D eigenvalue weighted by Gasteiger charge is 2.31. The second kappa shape index (κ2) is 5.39. The zero-order valence-corrected chi connectivity index (χ0v) is 12.4. The van der Waals surface area contributed by atoms with Gasteiger partial charge in [0.2, 0.25) is 11.6 Å². The van der Waals surface area contributed by atoms with E-state index in [9.17, 15) is 14.0 Å². The third kappa shape index (κ3) is 2.31. The molecule has 22 heavy (non-hydrogen) atoms. The van der Waals surface area contributed by atoms with Crippen LogP contribution in [-0.4, -0.2) is 11.6 Å². The van der Waals surface area contributed by atoms with Gasteiger partial charge in [-0.25, -0.2) is 4.39 Å². The summed E-state index contributed by atoms with van der Waals surface area (Å²) in [7, 11) is 0. The first-order valence-corrected chi connectivity index (χ1v) is 6.98. The summed E-state index contributed by atoms with van der Waals surface area (Å²) in [5.74, 6) is -1.40. The van der Waals surface area contributed by atoms with Gasteiger partial charge in [0, 0.05) is 11.1 Å². The molecule has 110 valence electrons. The molecule has 0 aliphatic heterocycles. The zero-order chi connectivity index (χ0) is 15.9. The number of hydrogen-bond donors (Lipinski definition) is 1. The number of benzene rings is 2. The Balaban J connectivity index is 2.05. The monoisotopic (exact) mass is 315 g/mol. The van der Waals surface area contributed by atoms with Crippen molar-refractivity contribution in [2.75, 3.05) is 5.32 Å². The molecule has 0 heterocycles. The standard InChI is InChI=1S/C17H11ClFNO2/c1-9-6-7-13(12(19)8-9)20-15-14(18)16(21)10-4-2-3-5-11(10)17(15)22/h2-8,20H,1H3. The number of Topliss-reactive ketones (excluding diaryl/α,β-unsaturated/α-hetero) is 2. The fourth-order valence-electron chi connectivity index (χ4n) is 2.31. The molecule has 3 nitrogen and oxygen atoms in total. The van der Waals surface area contributed by atoms with E-state index in [1.54, 1.807) is 37.3 Å². The van der Waals surface area contributed by atoms with Crippen LogP contribution < -0.4 is 5.32 Å². The van der Waals surface area contributed by atoms with Crippen LogP contribution >= 0.6 is 11.6 Å². The van der Waals surface area contributed by atoms with E-state index in [2.05, 4.69) is 5.32 Å².